The summed E-state index contributed by atoms with van der Waals surface area (Å²) in [4.78, 5) is 32.3. The minimum absolute atomic E-state index is 0.0988. The first-order chi connectivity index (χ1) is 36.1. The van der Waals surface area contributed by atoms with Gasteiger partial charge in [0.05, 0.1) is 11.7 Å². The van der Waals surface area contributed by atoms with Crippen molar-refractivity contribution in [1.29, 1.82) is 0 Å². The number of nitrogens with one attached hydrogen (secondary N) is 1. The molecule has 1 unspecified atom stereocenters. The third-order valence-corrected chi connectivity index (χ3v) is 19.8. The Kier molecular flexibility index (Phi) is 16.0. The highest BCUT2D eigenvalue weighted by Gasteiger charge is 2.50. The molecule has 4 aromatic rings. The maximum absolute atomic E-state index is 16.3. The zero-order valence-corrected chi connectivity index (χ0v) is 46.7. The smallest absolute Gasteiger partial charge is 0.217 e. The van der Waals surface area contributed by atoms with Crippen LogP contribution in [0.5, 0.6) is 0 Å². The highest BCUT2D eigenvalue weighted by atomic mass is 19.1. The van der Waals surface area contributed by atoms with E-state index in [-0.39, 0.29) is 23.7 Å². The van der Waals surface area contributed by atoms with Gasteiger partial charge < -0.3 is 15.0 Å². The summed E-state index contributed by atoms with van der Waals surface area (Å²) in [7, 11) is 0. The molecule has 4 aliphatic carbocycles. The molecule has 0 radical (unpaired) electrons. The first kappa shape index (κ1) is 53.3. The second-order valence-electron chi connectivity index (χ2n) is 25.5. The molecular formula is C69H88FN3O2. The first-order valence-electron chi connectivity index (χ1n) is 29.7. The number of aryl methyl sites for hydroxylation is 1. The van der Waals surface area contributed by atoms with E-state index in [2.05, 4.69) is 118 Å². The number of nitrogens with zero attached hydrogens (tertiary/aromatic N) is 2. The average molecular weight is 1010 g/mol. The Labute approximate surface area is 450 Å². The fourth-order valence-electron chi connectivity index (χ4n) is 15.4. The summed E-state index contributed by atoms with van der Waals surface area (Å²) in [6, 6.07) is 34.8. The summed E-state index contributed by atoms with van der Waals surface area (Å²) >= 11 is 0. The number of hydrogen-bond acceptors (Lipinski definition) is 4. The van der Waals surface area contributed by atoms with Gasteiger partial charge in [0.25, 0.3) is 0 Å². The quantitative estimate of drug-likeness (QED) is 0.0898. The van der Waals surface area contributed by atoms with Crippen LogP contribution in [-0.2, 0) is 28.1 Å². The molecule has 1 N–H and O–H groups in total. The third kappa shape index (κ3) is 11.5. The Hall–Kier alpha value is -5.10. The molecule has 398 valence electrons. The second kappa shape index (κ2) is 22.5. The van der Waals surface area contributed by atoms with Crippen molar-refractivity contribution in [2.75, 3.05) is 6.54 Å². The van der Waals surface area contributed by atoms with Crippen LogP contribution in [0, 0.1) is 29.1 Å². The number of ketones is 1. The Morgan fingerprint density at radius 3 is 2.08 bits per heavy atom. The van der Waals surface area contributed by atoms with Gasteiger partial charge in [-0.3, -0.25) is 9.79 Å². The van der Waals surface area contributed by atoms with Gasteiger partial charge in [-0.2, -0.15) is 0 Å². The molecule has 7 atom stereocenters. The molecule has 10 rings (SSSR count). The van der Waals surface area contributed by atoms with Crippen LogP contribution < -0.4 is 5.32 Å². The van der Waals surface area contributed by atoms with E-state index in [1.165, 1.54) is 88.8 Å². The second-order valence-corrected chi connectivity index (χ2v) is 25.5. The van der Waals surface area contributed by atoms with Gasteiger partial charge in [-0.15, -0.1) is 0 Å². The van der Waals surface area contributed by atoms with Crippen molar-refractivity contribution in [3.8, 4) is 0 Å². The number of carbonyl (C=O) groups is 2. The molecule has 1 amide bonds. The highest BCUT2D eigenvalue weighted by molar-refractivity contribution is 5.91. The van der Waals surface area contributed by atoms with Crippen LogP contribution in [-0.4, -0.2) is 40.9 Å². The van der Waals surface area contributed by atoms with Crippen molar-refractivity contribution in [1.82, 2.24) is 10.2 Å². The fraction of sp³-hybridized carbons (Fsp3) is 0.551. The topological polar surface area (TPSA) is 61.8 Å². The summed E-state index contributed by atoms with van der Waals surface area (Å²) in [6.07, 6.45) is 20.8. The number of unbranched alkanes of at least 4 members (excludes halogenated alkanes) is 1. The van der Waals surface area contributed by atoms with Gasteiger partial charge >= 0.3 is 0 Å². The molecule has 75 heavy (non-hydrogen) atoms. The van der Waals surface area contributed by atoms with E-state index in [4.69, 9.17) is 4.99 Å². The summed E-state index contributed by atoms with van der Waals surface area (Å²) in [6.45, 7) is 20.4. The lowest BCUT2D eigenvalue weighted by atomic mass is 9.73. The maximum Gasteiger partial charge on any atom is 0.217 e. The number of amides is 1. The summed E-state index contributed by atoms with van der Waals surface area (Å²) in [5, 5.41) is 3.30. The molecule has 0 spiro atoms. The number of likely N-dealkylation sites (tertiary alicyclic amines) is 1. The molecule has 0 bridgehead atoms. The number of alkyl halides is 1. The normalized spacial score (nSPS) is 26.1. The van der Waals surface area contributed by atoms with Gasteiger partial charge in [-0.05, 0) is 206 Å². The molecule has 4 aromatic carbocycles. The lowest BCUT2D eigenvalue weighted by Crippen LogP contribution is -2.44. The molecular weight excluding hydrogens is 922 g/mol. The molecule has 2 aliphatic heterocycles. The summed E-state index contributed by atoms with van der Waals surface area (Å²) in [5.41, 5.74) is 14.9. The number of carbonyl (C=O) groups excluding carboxylic acids is 2. The third-order valence-electron chi connectivity index (χ3n) is 19.8. The van der Waals surface area contributed by atoms with Crippen molar-refractivity contribution in [2.45, 2.75) is 205 Å². The van der Waals surface area contributed by atoms with Gasteiger partial charge in [-0.25, -0.2) is 4.39 Å². The van der Waals surface area contributed by atoms with Crippen molar-refractivity contribution in [3.05, 3.63) is 153 Å². The molecule has 2 heterocycles. The maximum atomic E-state index is 16.3. The SMILES string of the molecule is C=C([C@@H](CC(C)=O)C(C)C)N1CCC[C@H]1C1=Cc2ccc([C@H]3CC[C@H](c4ccc5c(c4)CCC([C@@H](C)CCCCC4([C@@H](NC(C)=O)C(C)C)CC4)=N5)C3c3ccc(C4CCC(F)(c5ccccc5)CC4)cc3)cc2C1. The molecule has 5 nitrogen and oxygen atoms in total. The van der Waals surface area contributed by atoms with Crippen LogP contribution >= 0.6 is 0 Å². The van der Waals surface area contributed by atoms with Crippen molar-refractivity contribution >= 4 is 29.2 Å². The molecule has 4 fully saturated rings. The molecule has 3 saturated carbocycles. The number of hydrogen-bond donors (Lipinski definition) is 1. The van der Waals surface area contributed by atoms with Crippen LogP contribution in [0.2, 0.25) is 0 Å². The minimum atomic E-state index is -1.24. The minimum Gasteiger partial charge on any atom is -0.368 e. The number of benzene rings is 4. The first-order valence-corrected chi connectivity index (χ1v) is 29.7. The molecule has 6 aliphatic rings. The Morgan fingerprint density at radius 2 is 1.43 bits per heavy atom. The standard InChI is InChI=1S/C69H88FN3O2/c1-44(2)62(39-47(6)74)48(7)73-38-14-18-65(73)58-40-53-23-24-54(42-57(53)43-58)60-27-28-61(66(60)52-21-19-50(20-22-52)51-31-34-69(70,35-32-51)59-16-10-9-11-17-59)55-25-30-64-56(41-55)26-29-63(72-64)46(5)15-12-13-33-68(36-37-68)67(45(3)4)71-49(8)75/h9-11,16-17,19-25,30,40-42,44-46,51,60-62,65-67H,7,12-15,18,26-29,31-39,43H2,1-6,8H3,(H,71,75)/t46-,51?,60+,61+,62-,65-,66?,67-,69?/m0/s1. The zero-order chi connectivity index (χ0) is 52.6. The Balaban J connectivity index is 0.859. The van der Waals surface area contributed by atoms with Crippen LogP contribution in [0.15, 0.2) is 114 Å². The monoisotopic (exact) mass is 1010 g/mol. The molecule has 0 aromatic heterocycles. The van der Waals surface area contributed by atoms with Gasteiger partial charge in [0.2, 0.25) is 5.91 Å². The van der Waals surface area contributed by atoms with Crippen LogP contribution in [0.1, 0.15) is 219 Å². The highest BCUT2D eigenvalue weighted by Crippen LogP contribution is 2.57. The van der Waals surface area contributed by atoms with Crippen molar-refractivity contribution in [2.24, 2.45) is 34.1 Å². The van der Waals surface area contributed by atoms with E-state index >= 15 is 4.39 Å². The van der Waals surface area contributed by atoms with E-state index in [0.29, 0.717) is 72.1 Å². The van der Waals surface area contributed by atoms with E-state index in [0.717, 1.165) is 81.3 Å². The van der Waals surface area contributed by atoms with Gasteiger partial charge in [-0.1, -0.05) is 145 Å². The van der Waals surface area contributed by atoms with E-state index in [1.54, 1.807) is 13.8 Å². The largest absolute Gasteiger partial charge is 0.368 e. The lowest BCUT2D eigenvalue weighted by Gasteiger charge is -2.35. The zero-order valence-electron chi connectivity index (χ0n) is 46.7. The fourth-order valence-corrected chi connectivity index (χ4v) is 15.4. The van der Waals surface area contributed by atoms with Gasteiger partial charge in [0.15, 0.2) is 0 Å². The number of allylic oxidation sites excluding steroid dienone is 1. The number of aliphatic imine (C=N–C) groups is 1. The average Bonchev–Trinajstić information content (AvgIpc) is 3.71. The number of rotatable bonds is 20. The number of halogens is 1. The Morgan fingerprint density at radius 1 is 0.760 bits per heavy atom. The van der Waals surface area contributed by atoms with Crippen LogP contribution in [0.4, 0.5) is 10.1 Å². The summed E-state index contributed by atoms with van der Waals surface area (Å²) in [5.74, 6) is 3.30. The van der Waals surface area contributed by atoms with Gasteiger partial charge in [0, 0.05) is 43.3 Å². The molecule has 6 heteroatoms. The molecule has 1 saturated heterocycles. The van der Waals surface area contributed by atoms with E-state index < -0.39 is 5.67 Å². The Bertz CT molecular complexity index is 2760. The predicted molar refractivity (Wildman–Crippen MR) is 309 cm³/mol. The number of Topliss-reactive ketones (excluding diaryl/α,β-unsaturated/α-hetero) is 1. The van der Waals surface area contributed by atoms with Crippen molar-refractivity contribution < 1.29 is 14.0 Å². The predicted octanol–water partition coefficient (Wildman–Crippen LogP) is 17.0. The van der Waals surface area contributed by atoms with E-state index in [1.807, 2.05) is 30.3 Å². The van der Waals surface area contributed by atoms with Crippen molar-refractivity contribution in [3.63, 3.8) is 0 Å². The lowest BCUT2D eigenvalue weighted by molar-refractivity contribution is -0.120. The van der Waals surface area contributed by atoms with Crippen LogP contribution in [0.25, 0.3) is 6.08 Å². The number of fused-ring (bicyclic) bond motifs is 2. The van der Waals surface area contributed by atoms with Crippen LogP contribution in [0.3, 0.4) is 0 Å². The van der Waals surface area contributed by atoms with E-state index in [9.17, 15) is 9.59 Å². The van der Waals surface area contributed by atoms with Gasteiger partial charge in [0.1, 0.15) is 11.5 Å². The summed E-state index contributed by atoms with van der Waals surface area (Å²) < 4.78 is 16.3.